The molecule has 0 amide bonds. The SMILES string of the molecule is CC(CN)CC(=O)C(C)(C)OCCC(C)(C)CC(C)(C)OCC(CC(C)(C)OC(C)(C)CCOC(C)(C)C(=O)CC(C)CN)OC(C)(C)CCOC(C)(C)C(=O)CC(C)CN. The fraction of sp³-hybridized carbons (Fsp3) is 0.939. The second-order valence-electron chi connectivity index (χ2n) is 23.0. The molecule has 61 heavy (non-hydrogen) atoms. The molecule has 0 aromatic carbocycles. The van der Waals surface area contributed by atoms with Crippen molar-refractivity contribution in [3.63, 3.8) is 0 Å². The van der Waals surface area contributed by atoms with Gasteiger partial charge in [0.25, 0.3) is 0 Å². The quantitative estimate of drug-likeness (QED) is 0.0552. The van der Waals surface area contributed by atoms with Crippen LogP contribution < -0.4 is 17.2 Å². The van der Waals surface area contributed by atoms with Gasteiger partial charge in [-0.1, -0.05) is 34.6 Å². The van der Waals surface area contributed by atoms with Crippen molar-refractivity contribution >= 4 is 17.3 Å². The van der Waals surface area contributed by atoms with E-state index in [1.54, 1.807) is 0 Å². The van der Waals surface area contributed by atoms with Crippen molar-refractivity contribution < 1.29 is 42.8 Å². The Balaban J connectivity index is 5.99. The van der Waals surface area contributed by atoms with Gasteiger partial charge in [-0.3, -0.25) is 14.4 Å². The summed E-state index contributed by atoms with van der Waals surface area (Å²) in [5.41, 5.74) is 12.1. The molecule has 0 aromatic rings. The van der Waals surface area contributed by atoms with E-state index in [0.29, 0.717) is 84.6 Å². The van der Waals surface area contributed by atoms with Crippen LogP contribution >= 0.6 is 0 Å². The van der Waals surface area contributed by atoms with E-state index < -0.39 is 39.2 Å². The Bertz CT molecular complexity index is 1320. The average molecular weight is 872 g/mol. The van der Waals surface area contributed by atoms with Gasteiger partial charge in [0.2, 0.25) is 0 Å². The van der Waals surface area contributed by atoms with Gasteiger partial charge in [0.1, 0.15) is 16.8 Å². The van der Waals surface area contributed by atoms with E-state index in [2.05, 4.69) is 41.5 Å². The Morgan fingerprint density at radius 1 is 0.459 bits per heavy atom. The summed E-state index contributed by atoms with van der Waals surface area (Å²) in [5.74, 6) is 0.441. The van der Waals surface area contributed by atoms with E-state index in [1.165, 1.54) is 0 Å². The molecule has 6 N–H and O–H groups in total. The van der Waals surface area contributed by atoms with Crippen molar-refractivity contribution in [2.24, 2.45) is 40.4 Å². The van der Waals surface area contributed by atoms with Crippen molar-refractivity contribution in [2.75, 3.05) is 46.1 Å². The van der Waals surface area contributed by atoms with Gasteiger partial charge in [-0.05, 0) is 165 Å². The molecule has 0 fully saturated rings. The lowest BCUT2D eigenvalue weighted by atomic mass is 9.79. The van der Waals surface area contributed by atoms with Crippen molar-refractivity contribution in [3.8, 4) is 0 Å². The summed E-state index contributed by atoms with van der Waals surface area (Å²) < 4.78 is 39.0. The normalized spacial score (nSPS) is 16.0. The van der Waals surface area contributed by atoms with Gasteiger partial charge in [-0.25, -0.2) is 0 Å². The number of Topliss-reactive ketones (excluding diaryl/α,β-unsaturated/α-hetero) is 3. The average Bonchev–Trinajstić information content (AvgIpc) is 3.08. The number of carbonyl (C=O) groups excluding carboxylic acids is 3. The number of rotatable bonds is 35. The monoisotopic (exact) mass is 872 g/mol. The molecule has 0 heterocycles. The Labute approximate surface area is 373 Å². The molecule has 0 saturated carbocycles. The van der Waals surface area contributed by atoms with Crippen molar-refractivity contribution in [1.29, 1.82) is 0 Å². The molecule has 0 aliphatic heterocycles. The molecule has 0 aliphatic carbocycles. The smallest absolute Gasteiger partial charge is 0.164 e. The lowest BCUT2D eigenvalue weighted by Crippen LogP contribution is -2.45. The van der Waals surface area contributed by atoms with Gasteiger partial charge in [0.15, 0.2) is 17.3 Å². The minimum Gasteiger partial charge on any atom is -0.373 e. The summed E-state index contributed by atoms with van der Waals surface area (Å²) in [5, 5.41) is 0. The fourth-order valence-electron chi connectivity index (χ4n) is 7.51. The van der Waals surface area contributed by atoms with Gasteiger partial charge < -0.3 is 45.6 Å². The van der Waals surface area contributed by atoms with Crippen LogP contribution in [0.3, 0.4) is 0 Å². The Morgan fingerprint density at radius 3 is 1.16 bits per heavy atom. The number of ketones is 3. The number of hydrogen-bond donors (Lipinski definition) is 3. The first-order valence-electron chi connectivity index (χ1n) is 23.1. The lowest BCUT2D eigenvalue weighted by Gasteiger charge is -2.42. The number of carbonyl (C=O) groups is 3. The van der Waals surface area contributed by atoms with Gasteiger partial charge in [-0.2, -0.15) is 0 Å². The molecule has 0 radical (unpaired) electrons. The maximum atomic E-state index is 13.0. The first kappa shape index (κ1) is 59.6. The number of hydrogen-bond acceptors (Lipinski definition) is 12. The summed E-state index contributed by atoms with van der Waals surface area (Å²) in [6.45, 7) is 40.6. The van der Waals surface area contributed by atoms with Crippen LogP contribution in [-0.4, -0.2) is 109 Å². The van der Waals surface area contributed by atoms with Gasteiger partial charge in [-0.15, -0.1) is 0 Å². The molecule has 4 unspecified atom stereocenters. The number of nitrogens with two attached hydrogens (primary N) is 3. The minimum absolute atomic E-state index is 0.0322. The third-order valence-corrected chi connectivity index (χ3v) is 11.7. The standard InChI is InChI=1S/C49H97N3O9/c1-35(30-50)26-39(53)47(14,15)56-23-20-42(4,5)34-46(12,13)59-33-38(60-43(6,7)21-24-57-48(16,17)40(54)27-36(2)31-51)29-45(10,11)61-44(8,9)22-25-58-49(18,19)41(55)28-37(3)32-52/h35-38H,20-34,50-52H2,1-19H3. The molecule has 12 heteroatoms. The molecule has 0 rings (SSSR count). The lowest BCUT2D eigenvalue weighted by molar-refractivity contribution is -0.189. The molecule has 0 aliphatic rings. The van der Waals surface area contributed by atoms with E-state index >= 15 is 0 Å². The van der Waals surface area contributed by atoms with Crippen molar-refractivity contribution in [3.05, 3.63) is 0 Å². The van der Waals surface area contributed by atoms with Crippen molar-refractivity contribution in [1.82, 2.24) is 0 Å². The zero-order valence-electron chi connectivity index (χ0n) is 42.8. The van der Waals surface area contributed by atoms with E-state index in [9.17, 15) is 14.4 Å². The molecular formula is C49H97N3O9. The maximum Gasteiger partial charge on any atom is 0.164 e. The molecule has 12 nitrogen and oxygen atoms in total. The second-order valence-corrected chi connectivity index (χ2v) is 23.0. The molecule has 4 atom stereocenters. The van der Waals surface area contributed by atoms with Crippen LogP contribution in [0.15, 0.2) is 0 Å². The fourth-order valence-corrected chi connectivity index (χ4v) is 7.51. The van der Waals surface area contributed by atoms with Crippen LogP contribution in [0, 0.1) is 23.2 Å². The van der Waals surface area contributed by atoms with Crippen LogP contribution in [-0.2, 0) is 42.8 Å². The Hall–Kier alpha value is -1.35. The largest absolute Gasteiger partial charge is 0.373 e. The van der Waals surface area contributed by atoms with E-state index in [1.807, 2.05) is 90.0 Å². The van der Waals surface area contributed by atoms with Crippen LogP contribution in [0.5, 0.6) is 0 Å². The van der Waals surface area contributed by atoms with Crippen LogP contribution in [0.25, 0.3) is 0 Å². The van der Waals surface area contributed by atoms with Crippen LogP contribution in [0.4, 0.5) is 0 Å². The maximum absolute atomic E-state index is 13.0. The zero-order valence-corrected chi connectivity index (χ0v) is 42.8. The molecule has 362 valence electrons. The van der Waals surface area contributed by atoms with E-state index in [-0.39, 0.29) is 46.6 Å². The van der Waals surface area contributed by atoms with Gasteiger partial charge in [0.05, 0.1) is 48.3 Å². The summed E-state index contributed by atoms with van der Waals surface area (Å²) in [4.78, 5) is 38.8. The molecule has 0 bridgehead atoms. The zero-order chi connectivity index (χ0) is 47.9. The van der Waals surface area contributed by atoms with Crippen molar-refractivity contribution in [2.45, 2.75) is 228 Å². The molecule has 0 saturated heterocycles. The summed E-state index contributed by atoms with van der Waals surface area (Å²) in [7, 11) is 0. The minimum atomic E-state index is -0.936. The summed E-state index contributed by atoms with van der Waals surface area (Å²) in [6.07, 6.45) is 3.95. The first-order valence-corrected chi connectivity index (χ1v) is 23.1. The highest BCUT2D eigenvalue weighted by molar-refractivity contribution is 5.87. The van der Waals surface area contributed by atoms with Gasteiger partial charge >= 0.3 is 0 Å². The van der Waals surface area contributed by atoms with Crippen LogP contribution in [0.2, 0.25) is 0 Å². The highest BCUT2D eigenvalue weighted by atomic mass is 16.6. The molecular weight excluding hydrogens is 775 g/mol. The highest BCUT2D eigenvalue weighted by Gasteiger charge is 2.39. The number of ether oxygens (including phenoxy) is 6. The molecule has 0 spiro atoms. The van der Waals surface area contributed by atoms with Crippen LogP contribution in [0.1, 0.15) is 183 Å². The van der Waals surface area contributed by atoms with Gasteiger partial charge in [0, 0.05) is 32.3 Å². The third kappa shape index (κ3) is 25.1. The Morgan fingerprint density at radius 2 is 0.803 bits per heavy atom. The first-order chi connectivity index (χ1) is 27.4. The van der Waals surface area contributed by atoms with E-state index in [0.717, 1.165) is 12.8 Å². The second kappa shape index (κ2) is 24.8. The Kier molecular flexibility index (Phi) is 24.3. The van der Waals surface area contributed by atoms with E-state index in [4.69, 9.17) is 45.6 Å². The third-order valence-electron chi connectivity index (χ3n) is 11.7. The summed E-state index contributed by atoms with van der Waals surface area (Å²) in [6, 6.07) is 0. The predicted molar refractivity (Wildman–Crippen MR) is 249 cm³/mol. The highest BCUT2D eigenvalue weighted by Crippen LogP contribution is 2.36. The topological polar surface area (TPSA) is 185 Å². The summed E-state index contributed by atoms with van der Waals surface area (Å²) >= 11 is 0. The molecule has 0 aromatic heterocycles. The predicted octanol–water partition coefficient (Wildman–Crippen LogP) is 8.54.